The van der Waals surface area contributed by atoms with Crippen LogP contribution in [-0.4, -0.2) is 62.0 Å². The average Bonchev–Trinajstić information content (AvgIpc) is 3.03. The molecule has 182 valence electrons. The van der Waals surface area contributed by atoms with Gasteiger partial charge in [-0.25, -0.2) is 0 Å². The fraction of sp³-hybridized carbons (Fsp3) is 0.818. The molecule has 1 saturated heterocycles. The maximum Gasteiger partial charge on any atom is 0.317 e. The van der Waals surface area contributed by atoms with E-state index in [2.05, 4.69) is 22.3 Å². The second-order valence-corrected chi connectivity index (χ2v) is 8.11. The third kappa shape index (κ3) is 16.5. The van der Waals surface area contributed by atoms with Gasteiger partial charge < -0.3 is 26.2 Å². The van der Waals surface area contributed by atoms with Gasteiger partial charge in [0.05, 0.1) is 18.8 Å². The van der Waals surface area contributed by atoms with Crippen LogP contribution in [0.1, 0.15) is 60.3 Å². The Morgan fingerprint density at radius 3 is 2.10 bits per heavy atom. The molecule has 0 bridgehead atoms. The lowest BCUT2D eigenvalue weighted by molar-refractivity contribution is -0.153. The van der Waals surface area contributed by atoms with Gasteiger partial charge in [-0.15, -0.1) is 0 Å². The summed E-state index contributed by atoms with van der Waals surface area (Å²) in [7, 11) is 1.83. The molecule has 9 nitrogen and oxygen atoms in total. The lowest BCUT2D eigenvalue weighted by Gasteiger charge is -2.17. The number of hydrogen-bond donors (Lipinski definition) is 4. The minimum Gasteiger partial charge on any atom is -0.481 e. The van der Waals surface area contributed by atoms with Gasteiger partial charge >= 0.3 is 17.9 Å². The van der Waals surface area contributed by atoms with E-state index in [0.717, 1.165) is 32.6 Å². The van der Waals surface area contributed by atoms with Crippen molar-refractivity contribution in [3.63, 3.8) is 0 Å². The van der Waals surface area contributed by atoms with Crippen molar-refractivity contribution in [3.05, 3.63) is 0 Å². The van der Waals surface area contributed by atoms with Crippen LogP contribution in [0.3, 0.4) is 0 Å². The first-order valence-corrected chi connectivity index (χ1v) is 11.1. The first-order valence-electron chi connectivity index (χ1n) is 11.1. The molecule has 0 spiro atoms. The zero-order valence-electron chi connectivity index (χ0n) is 20.0. The van der Waals surface area contributed by atoms with Crippen molar-refractivity contribution >= 4 is 23.7 Å². The Bertz CT molecular complexity index is 533. The SMILES string of the molecule is CC(C)C1CC(=O)OC1=O.CCNCCN.CNCCCC(=O)C(CC(=O)O)C(C)C. The Labute approximate surface area is 186 Å². The monoisotopic (exact) mass is 445 g/mol. The molecule has 2 atom stereocenters. The molecule has 1 rings (SSSR count). The highest BCUT2D eigenvalue weighted by Crippen LogP contribution is 2.23. The van der Waals surface area contributed by atoms with Gasteiger partial charge in [0, 0.05) is 25.4 Å². The zero-order chi connectivity index (χ0) is 24.4. The van der Waals surface area contributed by atoms with Crippen LogP contribution in [0.15, 0.2) is 0 Å². The standard InChI is InChI=1S/C11H21NO3.C7H10O3.C4H12N2/c1-8(2)9(7-11(14)15)10(13)5-4-6-12-3;1-4(2)5-3-6(8)10-7(5)9;1-2-6-4-3-5/h8-9,12H,4-7H2,1-3H3,(H,14,15);4-5H,3H2,1-2H3;6H,2-5H2,1H3. The molecule has 0 amide bonds. The first kappa shape index (κ1) is 31.3. The van der Waals surface area contributed by atoms with Crippen molar-refractivity contribution in [2.24, 2.45) is 29.4 Å². The van der Waals surface area contributed by atoms with Crippen LogP contribution >= 0.6 is 0 Å². The number of rotatable bonds is 12. The summed E-state index contributed by atoms with van der Waals surface area (Å²) in [6, 6.07) is 0. The number of carboxylic acid groups (broad SMARTS) is 1. The lowest BCUT2D eigenvalue weighted by Crippen LogP contribution is -2.24. The number of carboxylic acids is 1. The van der Waals surface area contributed by atoms with Crippen molar-refractivity contribution in [1.29, 1.82) is 0 Å². The molecule has 1 aliphatic heterocycles. The van der Waals surface area contributed by atoms with Gasteiger partial charge in [-0.3, -0.25) is 19.2 Å². The number of nitrogens with two attached hydrogens (primary N) is 1. The minimum absolute atomic E-state index is 0.0456. The normalized spacial score (nSPS) is 16.2. The highest BCUT2D eigenvalue weighted by molar-refractivity contribution is 5.94. The number of carbonyl (C=O) groups excluding carboxylic acids is 3. The van der Waals surface area contributed by atoms with E-state index in [1.54, 1.807) is 0 Å². The molecule has 5 N–H and O–H groups in total. The molecule has 9 heteroatoms. The van der Waals surface area contributed by atoms with Crippen LogP contribution in [0, 0.1) is 23.7 Å². The zero-order valence-corrected chi connectivity index (χ0v) is 20.0. The number of likely N-dealkylation sites (N-methyl/N-ethyl adjacent to an activating group) is 1. The van der Waals surface area contributed by atoms with E-state index in [4.69, 9.17) is 10.8 Å². The van der Waals surface area contributed by atoms with Crippen LogP contribution in [0.2, 0.25) is 0 Å². The number of aliphatic carboxylic acids is 1. The quantitative estimate of drug-likeness (QED) is 0.200. The Morgan fingerprint density at radius 2 is 1.81 bits per heavy atom. The molecule has 1 aliphatic rings. The molecule has 0 aromatic carbocycles. The highest BCUT2D eigenvalue weighted by atomic mass is 16.6. The van der Waals surface area contributed by atoms with Gasteiger partial charge in [0.2, 0.25) is 0 Å². The number of ketones is 1. The third-order valence-electron chi connectivity index (χ3n) is 4.74. The first-order chi connectivity index (χ1) is 14.5. The summed E-state index contributed by atoms with van der Waals surface area (Å²) >= 11 is 0. The van der Waals surface area contributed by atoms with Gasteiger partial charge in [0.1, 0.15) is 5.78 Å². The number of Topliss-reactive ketones (excluding diaryl/α,β-unsaturated/α-hetero) is 1. The maximum atomic E-state index is 11.7. The third-order valence-corrected chi connectivity index (χ3v) is 4.74. The van der Waals surface area contributed by atoms with Crippen LogP contribution in [0.5, 0.6) is 0 Å². The number of nitrogens with one attached hydrogen (secondary N) is 2. The molecular weight excluding hydrogens is 402 g/mol. The number of ether oxygens (including phenoxy) is 1. The van der Waals surface area contributed by atoms with Crippen molar-refractivity contribution in [3.8, 4) is 0 Å². The summed E-state index contributed by atoms with van der Waals surface area (Å²) in [5.41, 5.74) is 5.15. The molecular formula is C22H43N3O6. The Balaban J connectivity index is 0. The topological polar surface area (TPSA) is 148 Å². The molecule has 1 heterocycles. The predicted molar refractivity (Wildman–Crippen MR) is 120 cm³/mol. The molecule has 0 aliphatic carbocycles. The van der Waals surface area contributed by atoms with Crippen LogP contribution in [0.4, 0.5) is 0 Å². The van der Waals surface area contributed by atoms with Crippen LogP contribution in [0.25, 0.3) is 0 Å². The minimum atomic E-state index is -0.893. The van der Waals surface area contributed by atoms with Crippen LogP contribution in [-0.2, 0) is 23.9 Å². The Hall–Kier alpha value is -1.84. The van der Waals surface area contributed by atoms with Gasteiger partial charge in [-0.1, -0.05) is 34.6 Å². The average molecular weight is 446 g/mol. The molecule has 1 fully saturated rings. The van der Waals surface area contributed by atoms with Crippen molar-refractivity contribution in [2.45, 2.75) is 60.3 Å². The molecule has 2 unspecified atom stereocenters. The number of cyclic esters (lactones) is 2. The van der Waals surface area contributed by atoms with Gasteiger partial charge in [0.25, 0.3) is 0 Å². The summed E-state index contributed by atoms with van der Waals surface area (Å²) in [4.78, 5) is 43.6. The molecule has 0 radical (unpaired) electrons. The van der Waals surface area contributed by atoms with E-state index in [1.807, 2.05) is 34.7 Å². The molecule has 31 heavy (non-hydrogen) atoms. The number of hydrogen-bond acceptors (Lipinski definition) is 8. The second kappa shape index (κ2) is 18.9. The van der Waals surface area contributed by atoms with E-state index in [9.17, 15) is 19.2 Å². The van der Waals surface area contributed by atoms with E-state index in [0.29, 0.717) is 6.42 Å². The van der Waals surface area contributed by atoms with Crippen molar-refractivity contribution in [2.75, 3.05) is 33.2 Å². The van der Waals surface area contributed by atoms with Gasteiger partial charge in [0.15, 0.2) is 0 Å². The largest absolute Gasteiger partial charge is 0.481 e. The van der Waals surface area contributed by atoms with E-state index in [-0.39, 0.29) is 54.2 Å². The summed E-state index contributed by atoms with van der Waals surface area (Å²) in [6.07, 6.45) is 1.46. The predicted octanol–water partition coefficient (Wildman–Crippen LogP) is 1.59. The lowest BCUT2D eigenvalue weighted by atomic mass is 9.86. The number of carbonyl (C=O) groups is 4. The molecule has 0 aromatic heterocycles. The van der Waals surface area contributed by atoms with E-state index in [1.165, 1.54) is 0 Å². The maximum absolute atomic E-state index is 11.7. The second-order valence-electron chi connectivity index (χ2n) is 8.11. The Kier molecular flexibility index (Phi) is 19.1. The van der Waals surface area contributed by atoms with Crippen molar-refractivity contribution < 1.29 is 29.0 Å². The molecule has 0 saturated carbocycles. The van der Waals surface area contributed by atoms with Crippen LogP contribution < -0.4 is 16.4 Å². The fourth-order valence-corrected chi connectivity index (χ4v) is 2.81. The Morgan fingerprint density at radius 1 is 1.19 bits per heavy atom. The highest BCUT2D eigenvalue weighted by Gasteiger charge is 2.35. The fourth-order valence-electron chi connectivity index (χ4n) is 2.81. The smallest absolute Gasteiger partial charge is 0.317 e. The summed E-state index contributed by atoms with van der Waals surface area (Å²) in [5.74, 6) is -1.80. The van der Waals surface area contributed by atoms with Crippen molar-refractivity contribution in [1.82, 2.24) is 10.6 Å². The van der Waals surface area contributed by atoms with Gasteiger partial charge in [-0.05, 0) is 38.4 Å². The summed E-state index contributed by atoms with van der Waals surface area (Å²) in [6.45, 7) is 13.2. The summed E-state index contributed by atoms with van der Waals surface area (Å²) < 4.78 is 4.36. The molecule has 0 aromatic rings. The van der Waals surface area contributed by atoms with E-state index >= 15 is 0 Å². The van der Waals surface area contributed by atoms with Gasteiger partial charge in [-0.2, -0.15) is 0 Å². The number of esters is 2. The summed E-state index contributed by atoms with van der Waals surface area (Å²) in [5, 5.41) is 14.7. The van der Waals surface area contributed by atoms with E-state index < -0.39 is 5.97 Å².